The van der Waals surface area contributed by atoms with E-state index in [0.29, 0.717) is 18.5 Å². The molecule has 6 heteroatoms. The highest BCUT2D eigenvalue weighted by Gasteiger charge is 2.45. The summed E-state index contributed by atoms with van der Waals surface area (Å²) in [7, 11) is 0. The number of piperazine rings is 1. The van der Waals surface area contributed by atoms with Crippen LogP contribution >= 0.6 is 0 Å². The molecule has 1 aromatic rings. The molecule has 3 amide bonds. The molecule has 2 aliphatic rings. The largest absolute Gasteiger partial charge is 0.347 e. The summed E-state index contributed by atoms with van der Waals surface area (Å²) in [5.74, 6) is -0.407. The minimum atomic E-state index is -0.489. The van der Waals surface area contributed by atoms with Crippen molar-refractivity contribution in [3.63, 3.8) is 0 Å². The lowest BCUT2D eigenvalue weighted by Crippen LogP contribution is -2.60. The number of nitrogens with one attached hydrogen (secondary N) is 2. The fourth-order valence-corrected chi connectivity index (χ4v) is 2.91. The molecule has 0 unspecified atom stereocenters. The second kappa shape index (κ2) is 5.20. The number of amides is 3. The quantitative estimate of drug-likeness (QED) is 0.797. The molecule has 6 nitrogen and oxygen atoms in total. The Morgan fingerprint density at radius 2 is 2.00 bits per heavy atom. The molecule has 0 aromatic heterocycles. The molecule has 21 heavy (non-hydrogen) atoms. The van der Waals surface area contributed by atoms with Crippen molar-refractivity contribution in [3.8, 4) is 0 Å². The van der Waals surface area contributed by atoms with E-state index in [-0.39, 0.29) is 23.8 Å². The first-order chi connectivity index (χ1) is 10.1. The molecule has 1 aromatic carbocycles. The number of rotatable bonds is 2. The number of carbonyl (C=O) groups is 3. The average molecular weight is 287 g/mol. The van der Waals surface area contributed by atoms with E-state index in [1.165, 1.54) is 0 Å². The van der Waals surface area contributed by atoms with Gasteiger partial charge in [0.2, 0.25) is 11.8 Å². The molecular weight excluding hydrogens is 270 g/mol. The summed E-state index contributed by atoms with van der Waals surface area (Å²) in [4.78, 5) is 37.7. The van der Waals surface area contributed by atoms with Crippen LogP contribution in [0.2, 0.25) is 0 Å². The van der Waals surface area contributed by atoms with Crippen LogP contribution in [-0.4, -0.2) is 47.3 Å². The number of nitrogens with zero attached hydrogens (tertiary/aromatic N) is 1. The Morgan fingerprint density at radius 3 is 2.71 bits per heavy atom. The molecule has 2 saturated heterocycles. The zero-order valence-electron chi connectivity index (χ0n) is 11.7. The van der Waals surface area contributed by atoms with Crippen LogP contribution in [0.5, 0.6) is 0 Å². The lowest BCUT2D eigenvalue weighted by Gasteiger charge is -2.32. The van der Waals surface area contributed by atoms with Crippen LogP contribution in [0.25, 0.3) is 0 Å². The van der Waals surface area contributed by atoms with Crippen molar-refractivity contribution in [2.24, 2.45) is 0 Å². The predicted molar refractivity (Wildman–Crippen MR) is 75.4 cm³/mol. The van der Waals surface area contributed by atoms with Crippen molar-refractivity contribution in [2.75, 3.05) is 6.54 Å². The van der Waals surface area contributed by atoms with Crippen LogP contribution in [-0.2, 0) is 9.59 Å². The third kappa shape index (κ3) is 2.49. The zero-order valence-corrected chi connectivity index (χ0v) is 11.7. The minimum Gasteiger partial charge on any atom is -0.347 e. The zero-order chi connectivity index (χ0) is 15.0. The monoisotopic (exact) mass is 287 g/mol. The SMILES string of the molecule is C[C@@H]1NC(=O)[C@@H]2C[C@H](NC(=O)c3ccccc3)CN2C1=O. The Bertz CT molecular complexity index is 587. The highest BCUT2D eigenvalue weighted by Crippen LogP contribution is 2.22. The van der Waals surface area contributed by atoms with Crippen molar-refractivity contribution in [2.45, 2.75) is 31.5 Å². The van der Waals surface area contributed by atoms with Crippen molar-refractivity contribution < 1.29 is 14.4 Å². The molecular formula is C15H17N3O3. The fraction of sp³-hybridized carbons (Fsp3) is 0.400. The molecule has 3 rings (SSSR count). The number of benzene rings is 1. The average Bonchev–Trinajstić information content (AvgIpc) is 2.90. The molecule has 3 atom stereocenters. The van der Waals surface area contributed by atoms with Crippen molar-refractivity contribution in [3.05, 3.63) is 35.9 Å². The van der Waals surface area contributed by atoms with Crippen LogP contribution in [0, 0.1) is 0 Å². The van der Waals surface area contributed by atoms with Crippen LogP contribution in [0.15, 0.2) is 30.3 Å². The minimum absolute atomic E-state index is 0.0870. The van der Waals surface area contributed by atoms with E-state index >= 15 is 0 Å². The molecule has 0 saturated carbocycles. The Hall–Kier alpha value is -2.37. The number of fused-ring (bicyclic) bond motifs is 1. The summed E-state index contributed by atoms with van der Waals surface area (Å²) in [6, 6.07) is 7.76. The van der Waals surface area contributed by atoms with Gasteiger partial charge in [-0.1, -0.05) is 18.2 Å². The molecule has 0 aliphatic carbocycles. The van der Waals surface area contributed by atoms with Gasteiger partial charge in [-0.2, -0.15) is 0 Å². The molecule has 2 N–H and O–H groups in total. The Morgan fingerprint density at radius 1 is 1.29 bits per heavy atom. The number of hydrogen-bond donors (Lipinski definition) is 2. The summed E-state index contributed by atoms with van der Waals surface area (Å²) < 4.78 is 0. The third-order valence-electron chi connectivity index (χ3n) is 3.99. The Kier molecular flexibility index (Phi) is 3.37. The van der Waals surface area contributed by atoms with E-state index in [1.54, 1.807) is 36.1 Å². The molecule has 110 valence electrons. The van der Waals surface area contributed by atoms with E-state index < -0.39 is 12.1 Å². The first-order valence-corrected chi connectivity index (χ1v) is 7.03. The normalized spacial score (nSPS) is 28.0. The second-order valence-corrected chi connectivity index (χ2v) is 5.51. The van der Waals surface area contributed by atoms with Crippen molar-refractivity contribution in [1.82, 2.24) is 15.5 Å². The number of carbonyl (C=O) groups excluding carboxylic acids is 3. The van der Waals surface area contributed by atoms with Gasteiger partial charge in [0.05, 0.1) is 0 Å². The van der Waals surface area contributed by atoms with Crippen molar-refractivity contribution in [1.29, 1.82) is 0 Å². The van der Waals surface area contributed by atoms with Gasteiger partial charge >= 0.3 is 0 Å². The van der Waals surface area contributed by atoms with Crippen molar-refractivity contribution >= 4 is 17.7 Å². The van der Waals surface area contributed by atoms with E-state index in [1.807, 2.05) is 6.07 Å². The predicted octanol–water partition coefficient (Wildman–Crippen LogP) is -0.0958. The maximum absolute atomic E-state index is 12.1. The van der Waals surface area contributed by atoms with Gasteiger partial charge in [-0.25, -0.2) is 0 Å². The van der Waals surface area contributed by atoms with Gasteiger partial charge in [0.15, 0.2) is 0 Å². The molecule has 2 fully saturated rings. The first kappa shape index (κ1) is 13.6. The highest BCUT2D eigenvalue weighted by molar-refractivity contribution is 5.98. The van der Waals surface area contributed by atoms with Gasteiger partial charge < -0.3 is 15.5 Å². The van der Waals surface area contributed by atoms with Gasteiger partial charge in [0.25, 0.3) is 5.91 Å². The smallest absolute Gasteiger partial charge is 0.251 e. The fourth-order valence-electron chi connectivity index (χ4n) is 2.91. The molecule has 2 aliphatic heterocycles. The van der Waals surface area contributed by atoms with Gasteiger partial charge in [-0.05, 0) is 25.5 Å². The van der Waals surface area contributed by atoms with Gasteiger partial charge in [-0.15, -0.1) is 0 Å². The standard InChI is InChI=1S/C15H17N3O3/c1-9-15(21)18-8-11(7-12(18)14(20)16-9)17-13(19)10-5-3-2-4-6-10/h2-6,9,11-12H,7-8H2,1H3,(H,16,20)(H,17,19)/t9-,11-,12-/m0/s1. The van der Waals surface area contributed by atoms with Gasteiger partial charge in [0, 0.05) is 18.2 Å². The number of hydrogen-bond acceptors (Lipinski definition) is 3. The molecule has 2 heterocycles. The third-order valence-corrected chi connectivity index (χ3v) is 3.99. The summed E-state index contributed by atoms with van der Waals surface area (Å²) in [6.45, 7) is 2.06. The summed E-state index contributed by atoms with van der Waals surface area (Å²) in [5, 5.41) is 5.56. The summed E-state index contributed by atoms with van der Waals surface area (Å²) in [5.41, 5.74) is 0.575. The van der Waals surface area contributed by atoms with E-state index in [2.05, 4.69) is 10.6 Å². The molecule has 0 radical (unpaired) electrons. The molecule has 0 spiro atoms. The van der Waals surface area contributed by atoms with Crippen LogP contribution in [0.4, 0.5) is 0 Å². The lowest BCUT2D eigenvalue weighted by atomic mass is 10.1. The molecule has 0 bridgehead atoms. The van der Waals surface area contributed by atoms with E-state index in [4.69, 9.17) is 0 Å². The maximum atomic E-state index is 12.1. The highest BCUT2D eigenvalue weighted by atomic mass is 16.2. The topological polar surface area (TPSA) is 78.5 Å². The van der Waals surface area contributed by atoms with E-state index in [9.17, 15) is 14.4 Å². The Labute approximate surface area is 122 Å². The van der Waals surface area contributed by atoms with Gasteiger partial charge in [0.1, 0.15) is 12.1 Å². The van der Waals surface area contributed by atoms with Crippen LogP contribution in [0.1, 0.15) is 23.7 Å². The maximum Gasteiger partial charge on any atom is 0.251 e. The first-order valence-electron chi connectivity index (χ1n) is 7.03. The second-order valence-electron chi connectivity index (χ2n) is 5.51. The summed E-state index contributed by atoms with van der Waals surface area (Å²) >= 11 is 0. The van der Waals surface area contributed by atoms with Gasteiger partial charge in [-0.3, -0.25) is 14.4 Å². The summed E-state index contributed by atoms with van der Waals surface area (Å²) in [6.07, 6.45) is 0.461. The van der Waals surface area contributed by atoms with Crippen LogP contribution in [0.3, 0.4) is 0 Å². The van der Waals surface area contributed by atoms with Crippen LogP contribution < -0.4 is 10.6 Å². The van der Waals surface area contributed by atoms with E-state index in [0.717, 1.165) is 0 Å². The Balaban J connectivity index is 1.68. The lowest BCUT2D eigenvalue weighted by molar-refractivity contribution is -0.146.